The summed E-state index contributed by atoms with van der Waals surface area (Å²) in [5.41, 5.74) is 1.77. The van der Waals surface area contributed by atoms with E-state index in [0.717, 1.165) is 16.9 Å². The Morgan fingerprint density at radius 2 is 1.94 bits per heavy atom. The number of rotatable bonds is 4. The van der Waals surface area contributed by atoms with E-state index in [1.54, 1.807) is 13.2 Å². The van der Waals surface area contributed by atoms with Crippen LogP contribution in [0.3, 0.4) is 0 Å². The maximum Gasteiger partial charge on any atom is 0.119 e. The van der Waals surface area contributed by atoms with Gasteiger partial charge in [0, 0.05) is 11.4 Å². The highest BCUT2D eigenvalue weighted by Crippen LogP contribution is 2.26. The van der Waals surface area contributed by atoms with Crippen LogP contribution in [-0.2, 0) is 6.42 Å². The monoisotopic (exact) mass is 262 g/mol. The molecule has 0 aromatic heterocycles. The van der Waals surface area contributed by atoms with Gasteiger partial charge in [0.05, 0.1) is 13.2 Å². The van der Waals surface area contributed by atoms with Gasteiger partial charge in [0.25, 0.3) is 0 Å². The van der Waals surface area contributed by atoms with E-state index in [1.807, 2.05) is 42.5 Å². The standard InChI is InChI=1S/C15H15ClO2/c1-18-12-6-4-5-11(9-12)10-15(17)13-7-2-3-8-14(13)16/h2-9,15,17H,10H2,1H3. The quantitative estimate of drug-likeness (QED) is 0.912. The molecule has 0 aliphatic heterocycles. The highest BCUT2D eigenvalue weighted by molar-refractivity contribution is 6.31. The highest BCUT2D eigenvalue weighted by Gasteiger charge is 2.11. The smallest absolute Gasteiger partial charge is 0.119 e. The van der Waals surface area contributed by atoms with Crippen molar-refractivity contribution >= 4 is 11.6 Å². The molecular formula is C15H15ClO2. The van der Waals surface area contributed by atoms with Crippen LogP contribution < -0.4 is 4.74 Å². The van der Waals surface area contributed by atoms with Gasteiger partial charge in [-0.15, -0.1) is 0 Å². The van der Waals surface area contributed by atoms with Crippen molar-refractivity contribution in [2.45, 2.75) is 12.5 Å². The van der Waals surface area contributed by atoms with E-state index in [2.05, 4.69) is 0 Å². The second-order valence-corrected chi connectivity index (χ2v) is 4.50. The summed E-state index contributed by atoms with van der Waals surface area (Å²) in [5, 5.41) is 10.8. The molecule has 2 nitrogen and oxygen atoms in total. The predicted molar refractivity (Wildman–Crippen MR) is 73.1 cm³/mol. The van der Waals surface area contributed by atoms with Gasteiger partial charge in [0.2, 0.25) is 0 Å². The summed E-state index contributed by atoms with van der Waals surface area (Å²) in [6.45, 7) is 0. The molecule has 1 N–H and O–H groups in total. The number of methoxy groups -OCH3 is 1. The predicted octanol–water partition coefficient (Wildman–Crippen LogP) is 3.62. The molecule has 0 bridgehead atoms. The topological polar surface area (TPSA) is 29.5 Å². The summed E-state index contributed by atoms with van der Waals surface area (Å²) >= 11 is 6.06. The Balaban J connectivity index is 2.16. The van der Waals surface area contributed by atoms with Crippen LogP contribution in [0.2, 0.25) is 5.02 Å². The fraction of sp³-hybridized carbons (Fsp3) is 0.200. The Labute approximate surface area is 112 Å². The largest absolute Gasteiger partial charge is 0.497 e. The number of hydrogen-bond acceptors (Lipinski definition) is 2. The van der Waals surface area contributed by atoms with Crippen molar-refractivity contribution in [2.24, 2.45) is 0 Å². The molecule has 3 heteroatoms. The van der Waals surface area contributed by atoms with Gasteiger partial charge in [0.1, 0.15) is 5.75 Å². The first-order chi connectivity index (χ1) is 8.70. The van der Waals surface area contributed by atoms with Crippen LogP contribution in [-0.4, -0.2) is 12.2 Å². The molecule has 0 saturated heterocycles. The zero-order valence-electron chi connectivity index (χ0n) is 10.1. The van der Waals surface area contributed by atoms with Crippen molar-refractivity contribution < 1.29 is 9.84 Å². The van der Waals surface area contributed by atoms with Crippen LogP contribution in [0.25, 0.3) is 0 Å². The van der Waals surface area contributed by atoms with E-state index in [1.165, 1.54) is 0 Å². The van der Waals surface area contributed by atoms with E-state index >= 15 is 0 Å². The first-order valence-electron chi connectivity index (χ1n) is 5.76. The van der Waals surface area contributed by atoms with Gasteiger partial charge in [-0.05, 0) is 29.3 Å². The van der Waals surface area contributed by atoms with Crippen LogP contribution in [0.4, 0.5) is 0 Å². The molecule has 18 heavy (non-hydrogen) atoms. The molecule has 0 aliphatic carbocycles. The molecule has 0 heterocycles. The lowest BCUT2D eigenvalue weighted by Gasteiger charge is -2.13. The van der Waals surface area contributed by atoms with E-state index in [-0.39, 0.29) is 0 Å². The van der Waals surface area contributed by atoms with Crippen molar-refractivity contribution in [1.82, 2.24) is 0 Å². The van der Waals surface area contributed by atoms with Crippen molar-refractivity contribution in [2.75, 3.05) is 7.11 Å². The van der Waals surface area contributed by atoms with Crippen molar-refractivity contribution in [3.8, 4) is 5.75 Å². The Morgan fingerprint density at radius 3 is 2.67 bits per heavy atom. The third-order valence-corrected chi connectivity index (χ3v) is 3.17. The molecule has 0 radical (unpaired) electrons. The van der Waals surface area contributed by atoms with Crippen LogP contribution in [0, 0.1) is 0 Å². The van der Waals surface area contributed by atoms with Crippen molar-refractivity contribution in [3.63, 3.8) is 0 Å². The Kier molecular flexibility index (Phi) is 4.24. The lowest BCUT2D eigenvalue weighted by Crippen LogP contribution is -2.02. The first-order valence-corrected chi connectivity index (χ1v) is 6.14. The first kappa shape index (κ1) is 12.9. The van der Waals surface area contributed by atoms with Gasteiger partial charge in [-0.25, -0.2) is 0 Å². The zero-order valence-corrected chi connectivity index (χ0v) is 10.9. The van der Waals surface area contributed by atoms with E-state index in [4.69, 9.17) is 16.3 Å². The molecule has 2 rings (SSSR count). The van der Waals surface area contributed by atoms with E-state index in [0.29, 0.717) is 11.4 Å². The summed E-state index contributed by atoms with van der Waals surface area (Å²) in [6, 6.07) is 15.0. The average Bonchev–Trinajstić information content (AvgIpc) is 2.39. The molecule has 0 saturated carbocycles. The molecule has 94 valence electrons. The van der Waals surface area contributed by atoms with Gasteiger partial charge in [-0.2, -0.15) is 0 Å². The third kappa shape index (κ3) is 3.03. The van der Waals surface area contributed by atoms with Crippen LogP contribution in [0.15, 0.2) is 48.5 Å². The maximum absolute atomic E-state index is 10.2. The van der Waals surface area contributed by atoms with Crippen molar-refractivity contribution in [3.05, 3.63) is 64.7 Å². The summed E-state index contributed by atoms with van der Waals surface area (Å²) in [5.74, 6) is 0.791. The van der Waals surface area contributed by atoms with Gasteiger partial charge in [0.15, 0.2) is 0 Å². The minimum atomic E-state index is -0.606. The number of benzene rings is 2. The second-order valence-electron chi connectivity index (χ2n) is 4.09. The number of halogens is 1. The minimum absolute atomic E-state index is 0.515. The summed E-state index contributed by atoms with van der Waals surface area (Å²) in [7, 11) is 1.63. The average molecular weight is 263 g/mol. The third-order valence-electron chi connectivity index (χ3n) is 2.83. The number of ether oxygens (including phenoxy) is 1. The molecule has 1 atom stereocenters. The molecule has 0 aliphatic rings. The lowest BCUT2D eigenvalue weighted by atomic mass is 10.0. The van der Waals surface area contributed by atoms with Crippen molar-refractivity contribution in [1.29, 1.82) is 0 Å². The molecule has 2 aromatic rings. The number of aliphatic hydroxyl groups excluding tert-OH is 1. The Hall–Kier alpha value is -1.51. The SMILES string of the molecule is COc1cccc(CC(O)c2ccccc2Cl)c1. The Bertz CT molecular complexity index is 525. The fourth-order valence-corrected chi connectivity index (χ4v) is 2.14. The molecular weight excluding hydrogens is 248 g/mol. The number of aliphatic hydroxyl groups is 1. The molecule has 2 aromatic carbocycles. The second kappa shape index (κ2) is 5.89. The van der Waals surface area contributed by atoms with Crippen LogP contribution in [0.1, 0.15) is 17.2 Å². The van der Waals surface area contributed by atoms with E-state index in [9.17, 15) is 5.11 Å². The van der Waals surface area contributed by atoms with Gasteiger partial charge < -0.3 is 9.84 Å². The van der Waals surface area contributed by atoms with Crippen LogP contribution in [0.5, 0.6) is 5.75 Å². The molecule has 0 amide bonds. The summed E-state index contributed by atoms with van der Waals surface area (Å²) in [4.78, 5) is 0. The maximum atomic E-state index is 10.2. The summed E-state index contributed by atoms with van der Waals surface area (Å²) < 4.78 is 5.16. The van der Waals surface area contributed by atoms with Gasteiger partial charge in [-0.1, -0.05) is 41.9 Å². The lowest BCUT2D eigenvalue weighted by molar-refractivity contribution is 0.178. The van der Waals surface area contributed by atoms with Gasteiger partial charge >= 0.3 is 0 Å². The molecule has 0 fully saturated rings. The highest BCUT2D eigenvalue weighted by atomic mass is 35.5. The minimum Gasteiger partial charge on any atom is -0.497 e. The molecule has 0 spiro atoms. The van der Waals surface area contributed by atoms with Gasteiger partial charge in [-0.3, -0.25) is 0 Å². The van der Waals surface area contributed by atoms with Crippen LogP contribution >= 0.6 is 11.6 Å². The molecule has 1 unspecified atom stereocenters. The Morgan fingerprint density at radius 1 is 1.17 bits per heavy atom. The summed E-state index contributed by atoms with van der Waals surface area (Å²) in [6.07, 6.45) is -0.0909. The fourth-order valence-electron chi connectivity index (χ4n) is 1.88. The zero-order chi connectivity index (χ0) is 13.0. The normalized spacial score (nSPS) is 12.2. The number of hydrogen-bond donors (Lipinski definition) is 1. The van der Waals surface area contributed by atoms with E-state index < -0.39 is 6.10 Å².